The van der Waals surface area contributed by atoms with Gasteiger partial charge < -0.3 is 4.90 Å². The Morgan fingerprint density at radius 1 is 1.23 bits per heavy atom. The zero-order valence-electron chi connectivity index (χ0n) is 15.0. The lowest BCUT2D eigenvalue weighted by Crippen LogP contribution is -2.33. The summed E-state index contributed by atoms with van der Waals surface area (Å²) in [5.41, 5.74) is 3.37. The maximum absolute atomic E-state index is 12.7. The molecule has 4 nitrogen and oxygen atoms in total. The maximum atomic E-state index is 12.7. The van der Waals surface area contributed by atoms with Gasteiger partial charge in [0.1, 0.15) is 0 Å². The third kappa shape index (κ3) is 2.61. The Labute approximate surface area is 157 Å². The van der Waals surface area contributed by atoms with Crippen LogP contribution >= 0.6 is 11.3 Å². The number of aromatic nitrogens is 2. The fourth-order valence-electron chi connectivity index (χ4n) is 4.84. The number of rotatable bonds is 4. The Balaban J connectivity index is 1.27. The second-order valence-electron chi connectivity index (χ2n) is 7.72. The van der Waals surface area contributed by atoms with E-state index < -0.39 is 0 Å². The first-order chi connectivity index (χ1) is 12.7. The predicted molar refractivity (Wildman–Crippen MR) is 105 cm³/mol. The van der Waals surface area contributed by atoms with E-state index in [4.69, 9.17) is 0 Å². The van der Waals surface area contributed by atoms with Gasteiger partial charge in [-0.2, -0.15) is 0 Å². The molecule has 1 saturated carbocycles. The van der Waals surface area contributed by atoms with Crippen molar-refractivity contribution in [2.24, 2.45) is 11.8 Å². The molecule has 5 heteroatoms. The van der Waals surface area contributed by atoms with Crippen molar-refractivity contribution in [3.63, 3.8) is 0 Å². The lowest BCUT2D eigenvalue weighted by Gasteiger charge is -2.40. The van der Waals surface area contributed by atoms with Gasteiger partial charge in [0.2, 0.25) is 0 Å². The van der Waals surface area contributed by atoms with Crippen molar-refractivity contribution >= 4 is 16.3 Å². The number of nitrogens with zero attached hydrogens (tertiary/aromatic N) is 3. The fourth-order valence-corrected chi connectivity index (χ4v) is 5.59. The number of fused-ring (bicyclic) bond motifs is 2. The molecule has 1 aliphatic carbocycles. The Morgan fingerprint density at radius 2 is 2.08 bits per heavy atom. The van der Waals surface area contributed by atoms with E-state index >= 15 is 0 Å². The van der Waals surface area contributed by atoms with Crippen LogP contribution in [0, 0.1) is 18.8 Å². The van der Waals surface area contributed by atoms with E-state index in [1.54, 1.807) is 4.40 Å². The maximum Gasteiger partial charge on any atom is 0.261 e. The van der Waals surface area contributed by atoms with Gasteiger partial charge in [-0.25, -0.2) is 4.98 Å². The third-order valence-corrected chi connectivity index (χ3v) is 7.07. The first-order valence-electron chi connectivity index (χ1n) is 9.43. The minimum absolute atomic E-state index is 0.109. The van der Waals surface area contributed by atoms with E-state index in [2.05, 4.69) is 40.2 Å². The molecule has 26 heavy (non-hydrogen) atoms. The molecule has 0 bridgehead atoms. The molecule has 0 spiro atoms. The normalized spacial score (nSPS) is 25.3. The molecule has 1 aliphatic heterocycles. The molecule has 3 heterocycles. The average Bonchev–Trinajstić information content (AvgIpc) is 3.22. The molecule has 1 aromatic carbocycles. The highest BCUT2D eigenvalue weighted by atomic mass is 32.1. The average molecular weight is 366 g/mol. The van der Waals surface area contributed by atoms with Crippen molar-refractivity contribution in [3.8, 4) is 0 Å². The number of hydrogen-bond acceptors (Lipinski definition) is 4. The molecule has 0 amide bonds. The molecule has 0 N–H and O–H groups in total. The van der Waals surface area contributed by atoms with Gasteiger partial charge in [-0.1, -0.05) is 30.3 Å². The van der Waals surface area contributed by atoms with Crippen LogP contribution < -0.4 is 5.56 Å². The van der Waals surface area contributed by atoms with Crippen LogP contribution in [0.25, 0.3) is 4.96 Å². The summed E-state index contributed by atoms with van der Waals surface area (Å²) >= 11 is 1.52. The molecule has 3 unspecified atom stereocenters. The molecule has 2 aromatic heterocycles. The highest BCUT2D eigenvalue weighted by molar-refractivity contribution is 7.15. The summed E-state index contributed by atoms with van der Waals surface area (Å²) < 4.78 is 1.69. The monoisotopic (exact) mass is 365 g/mol. The summed E-state index contributed by atoms with van der Waals surface area (Å²) in [5.74, 6) is 2.35. The first kappa shape index (κ1) is 16.2. The van der Waals surface area contributed by atoms with Gasteiger partial charge in [0, 0.05) is 42.5 Å². The van der Waals surface area contributed by atoms with Crippen LogP contribution in [-0.4, -0.2) is 33.9 Å². The van der Waals surface area contributed by atoms with Crippen molar-refractivity contribution < 1.29 is 0 Å². The highest BCUT2D eigenvalue weighted by Gasteiger charge is 2.47. The minimum atomic E-state index is 0.109. The van der Waals surface area contributed by atoms with E-state index in [1.807, 2.05) is 18.5 Å². The van der Waals surface area contributed by atoms with E-state index in [9.17, 15) is 4.79 Å². The molecule has 2 aliphatic rings. The van der Waals surface area contributed by atoms with Gasteiger partial charge in [0.05, 0.1) is 0 Å². The number of benzene rings is 1. The summed E-state index contributed by atoms with van der Waals surface area (Å²) in [7, 11) is 0. The summed E-state index contributed by atoms with van der Waals surface area (Å²) in [6, 6.07) is 10.9. The molecule has 0 radical (unpaired) electrons. The van der Waals surface area contributed by atoms with Gasteiger partial charge >= 0.3 is 0 Å². The second-order valence-corrected chi connectivity index (χ2v) is 8.60. The smallest absolute Gasteiger partial charge is 0.261 e. The Bertz CT molecular complexity index is 993. The van der Waals surface area contributed by atoms with Crippen molar-refractivity contribution in [2.75, 3.05) is 19.6 Å². The van der Waals surface area contributed by atoms with E-state index in [0.29, 0.717) is 0 Å². The zero-order chi connectivity index (χ0) is 17.7. The van der Waals surface area contributed by atoms with Gasteiger partial charge in [-0.3, -0.25) is 9.20 Å². The molecular formula is C21H23N3OS. The summed E-state index contributed by atoms with van der Waals surface area (Å²) in [6.45, 7) is 5.28. The minimum Gasteiger partial charge on any atom is -0.302 e. The van der Waals surface area contributed by atoms with E-state index in [-0.39, 0.29) is 5.56 Å². The standard InChI is InChI=1S/C21H23N3OS/c1-14-17(20(25)24-9-10-26-21(24)22-14)7-8-23-12-16-11-18(19(16)13-23)15-5-3-2-4-6-15/h2-6,9-10,16,18-19H,7-8,11-13H2,1H3. The summed E-state index contributed by atoms with van der Waals surface area (Å²) in [4.78, 5) is 20.7. The molecule has 2 fully saturated rings. The molecule has 1 saturated heterocycles. The van der Waals surface area contributed by atoms with Crippen LogP contribution in [0.15, 0.2) is 46.7 Å². The number of hydrogen-bond donors (Lipinski definition) is 0. The quantitative estimate of drug-likeness (QED) is 0.712. The van der Waals surface area contributed by atoms with Crippen LogP contribution in [0.5, 0.6) is 0 Å². The predicted octanol–water partition coefficient (Wildman–Crippen LogP) is 3.34. The van der Waals surface area contributed by atoms with Crippen LogP contribution in [0.3, 0.4) is 0 Å². The molecule has 134 valence electrons. The molecular weight excluding hydrogens is 342 g/mol. The van der Waals surface area contributed by atoms with Gasteiger partial charge in [0.15, 0.2) is 4.96 Å². The fraction of sp³-hybridized carbons (Fsp3) is 0.429. The Morgan fingerprint density at radius 3 is 2.92 bits per heavy atom. The Kier molecular flexibility index (Phi) is 3.94. The van der Waals surface area contributed by atoms with Crippen LogP contribution in [0.4, 0.5) is 0 Å². The highest BCUT2D eigenvalue weighted by Crippen LogP contribution is 2.51. The van der Waals surface area contributed by atoms with Crippen LogP contribution in [0.1, 0.15) is 29.2 Å². The zero-order valence-corrected chi connectivity index (χ0v) is 15.8. The summed E-state index contributed by atoms with van der Waals surface area (Å²) in [5, 5.41) is 1.93. The first-order valence-corrected chi connectivity index (χ1v) is 10.3. The van der Waals surface area contributed by atoms with E-state index in [1.165, 1.54) is 36.4 Å². The lowest BCUT2D eigenvalue weighted by atomic mass is 9.64. The molecule has 3 atom stereocenters. The molecule has 3 aromatic rings. The van der Waals surface area contributed by atoms with Crippen LogP contribution in [-0.2, 0) is 6.42 Å². The Hall–Kier alpha value is -1.98. The number of aryl methyl sites for hydroxylation is 1. The van der Waals surface area contributed by atoms with Gasteiger partial charge in [-0.15, -0.1) is 11.3 Å². The van der Waals surface area contributed by atoms with Crippen LogP contribution in [0.2, 0.25) is 0 Å². The largest absolute Gasteiger partial charge is 0.302 e. The second kappa shape index (κ2) is 6.32. The topological polar surface area (TPSA) is 37.6 Å². The van der Waals surface area contributed by atoms with Crippen molar-refractivity contribution in [3.05, 3.63) is 69.1 Å². The lowest BCUT2D eigenvalue weighted by molar-refractivity contribution is 0.191. The summed E-state index contributed by atoms with van der Waals surface area (Å²) in [6.07, 6.45) is 3.94. The number of likely N-dealkylation sites (tertiary alicyclic amines) is 1. The van der Waals surface area contributed by atoms with Gasteiger partial charge in [0.25, 0.3) is 5.56 Å². The number of thiazole rings is 1. The third-order valence-electron chi connectivity index (χ3n) is 6.31. The van der Waals surface area contributed by atoms with Crippen molar-refractivity contribution in [1.82, 2.24) is 14.3 Å². The SMILES string of the molecule is Cc1nc2sccn2c(=O)c1CCN1CC2CC(c3ccccc3)C2C1. The molecule has 5 rings (SSSR count). The van der Waals surface area contributed by atoms with Crippen molar-refractivity contribution in [2.45, 2.75) is 25.7 Å². The van der Waals surface area contributed by atoms with Crippen molar-refractivity contribution in [1.29, 1.82) is 0 Å². The van der Waals surface area contributed by atoms with Gasteiger partial charge in [-0.05, 0) is 43.1 Å². The van der Waals surface area contributed by atoms with E-state index in [0.717, 1.165) is 46.9 Å².